The number of nitro groups is 1. The zero-order valence-corrected chi connectivity index (χ0v) is 19.1. The van der Waals surface area contributed by atoms with Crippen LogP contribution >= 0.6 is 0 Å². The lowest BCUT2D eigenvalue weighted by Crippen LogP contribution is -2.50. The van der Waals surface area contributed by atoms with Gasteiger partial charge in [0.2, 0.25) is 11.5 Å². The molecule has 176 valence electrons. The standard InChI is InChI=1S/C23H27N3O7/c1-5-15-6-8-16(9-7-15)22(27)24-10-12-25(13-11-24)23(28)17-14-18(31-2)20(32-3)21(33-4)19(17)26(29)30/h6-9,14H,5,10-13H2,1-4H3. The molecule has 3 rings (SSSR count). The molecule has 0 atom stereocenters. The molecule has 0 aromatic heterocycles. The van der Waals surface area contributed by atoms with Crippen LogP contribution in [0.4, 0.5) is 5.69 Å². The Morgan fingerprint density at radius 3 is 1.91 bits per heavy atom. The van der Waals surface area contributed by atoms with Gasteiger partial charge in [-0.25, -0.2) is 0 Å². The number of aryl methyl sites for hydroxylation is 1. The van der Waals surface area contributed by atoms with E-state index in [1.54, 1.807) is 17.0 Å². The van der Waals surface area contributed by atoms with Crippen LogP contribution in [0.1, 0.15) is 33.2 Å². The lowest BCUT2D eigenvalue weighted by Gasteiger charge is -2.35. The van der Waals surface area contributed by atoms with Gasteiger partial charge in [-0.15, -0.1) is 0 Å². The van der Waals surface area contributed by atoms with Crippen molar-refractivity contribution in [2.24, 2.45) is 0 Å². The number of ether oxygens (including phenoxy) is 3. The highest BCUT2D eigenvalue weighted by Crippen LogP contribution is 2.46. The summed E-state index contributed by atoms with van der Waals surface area (Å²) < 4.78 is 15.7. The molecular formula is C23H27N3O7. The number of hydrogen-bond donors (Lipinski definition) is 0. The molecule has 0 saturated carbocycles. The lowest BCUT2D eigenvalue weighted by molar-refractivity contribution is -0.386. The summed E-state index contributed by atoms with van der Waals surface area (Å²) in [6.07, 6.45) is 0.891. The summed E-state index contributed by atoms with van der Waals surface area (Å²) in [5, 5.41) is 11.8. The van der Waals surface area contributed by atoms with Crippen LogP contribution in [0.15, 0.2) is 30.3 Å². The average molecular weight is 457 g/mol. The zero-order chi connectivity index (χ0) is 24.1. The summed E-state index contributed by atoms with van der Waals surface area (Å²) in [5.41, 5.74) is 1.08. The Kier molecular flexibility index (Phi) is 7.37. The summed E-state index contributed by atoms with van der Waals surface area (Å²) in [7, 11) is 3.96. The maximum Gasteiger partial charge on any atom is 0.327 e. The average Bonchev–Trinajstić information content (AvgIpc) is 2.86. The van der Waals surface area contributed by atoms with Crippen molar-refractivity contribution >= 4 is 17.5 Å². The Labute approximate surface area is 191 Å². The summed E-state index contributed by atoms with van der Waals surface area (Å²) in [6, 6.07) is 8.75. The van der Waals surface area contributed by atoms with Gasteiger partial charge in [-0.1, -0.05) is 19.1 Å². The maximum atomic E-state index is 13.2. The van der Waals surface area contributed by atoms with Crippen LogP contribution < -0.4 is 14.2 Å². The van der Waals surface area contributed by atoms with Crippen LogP contribution in [0, 0.1) is 10.1 Å². The highest BCUT2D eigenvalue weighted by molar-refractivity contribution is 6.01. The lowest BCUT2D eigenvalue weighted by atomic mass is 10.1. The molecule has 10 heteroatoms. The fraction of sp³-hybridized carbons (Fsp3) is 0.391. The van der Waals surface area contributed by atoms with Crippen molar-refractivity contribution in [3.63, 3.8) is 0 Å². The Morgan fingerprint density at radius 1 is 0.909 bits per heavy atom. The molecule has 1 fully saturated rings. The van der Waals surface area contributed by atoms with Gasteiger partial charge in [-0.2, -0.15) is 0 Å². The molecule has 0 unspecified atom stereocenters. The minimum atomic E-state index is -0.673. The second-order valence-corrected chi connectivity index (χ2v) is 7.43. The normalized spacial score (nSPS) is 13.5. The van der Waals surface area contributed by atoms with E-state index in [1.165, 1.54) is 32.3 Å². The smallest absolute Gasteiger partial charge is 0.327 e. The molecule has 0 spiro atoms. The van der Waals surface area contributed by atoms with Crippen LogP contribution in [-0.2, 0) is 6.42 Å². The van der Waals surface area contributed by atoms with Crippen LogP contribution in [0.2, 0.25) is 0 Å². The number of carbonyl (C=O) groups is 2. The molecular weight excluding hydrogens is 430 g/mol. The number of nitrogens with zero attached hydrogens (tertiary/aromatic N) is 3. The number of nitro benzene ring substituents is 1. The van der Waals surface area contributed by atoms with Gasteiger partial charge in [-0.05, 0) is 24.1 Å². The van der Waals surface area contributed by atoms with Gasteiger partial charge in [0.15, 0.2) is 5.75 Å². The van der Waals surface area contributed by atoms with E-state index >= 15 is 0 Å². The first-order valence-corrected chi connectivity index (χ1v) is 10.5. The maximum absolute atomic E-state index is 13.2. The van der Waals surface area contributed by atoms with Crippen LogP contribution in [-0.4, -0.2) is 74.0 Å². The number of benzene rings is 2. The van der Waals surface area contributed by atoms with Gasteiger partial charge in [0.25, 0.3) is 11.8 Å². The van der Waals surface area contributed by atoms with Crippen LogP contribution in [0.5, 0.6) is 17.2 Å². The van der Waals surface area contributed by atoms with Gasteiger partial charge >= 0.3 is 5.69 Å². The van der Waals surface area contributed by atoms with E-state index in [-0.39, 0.29) is 41.8 Å². The molecule has 1 heterocycles. The van der Waals surface area contributed by atoms with Crippen molar-refractivity contribution in [1.29, 1.82) is 0 Å². The molecule has 0 radical (unpaired) electrons. The van der Waals surface area contributed by atoms with E-state index in [0.29, 0.717) is 18.7 Å². The van der Waals surface area contributed by atoms with Crippen molar-refractivity contribution < 1.29 is 28.7 Å². The number of hydrogen-bond acceptors (Lipinski definition) is 7. The van der Waals surface area contributed by atoms with Crippen LogP contribution in [0.3, 0.4) is 0 Å². The SMILES string of the molecule is CCc1ccc(C(=O)N2CCN(C(=O)c3cc(OC)c(OC)c(OC)c3[N+](=O)[O-])CC2)cc1. The highest BCUT2D eigenvalue weighted by Gasteiger charge is 2.35. The topological polar surface area (TPSA) is 111 Å². The number of rotatable bonds is 7. The van der Waals surface area contributed by atoms with Crippen LogP contribution in [0.25, 0.3) is 0 Å². The van der Waals surface area contributed by atoms with Gasteiger partial charge in [0, 0.05) is 37.8 Å². The molecule has 1 saturated heterocycles. The fourth-order valence-electron chi connectivity index (χ4n) is 3.83. The quantitative estimate of drug-likeness (QED) is 0.464. The van der Waals surface area contributed by atoms with E-state index in [0.717, 1.165) is 12.0 Å². The van der Waals surface area contributed by atoms with E-state index in [1.807, 2.05) is 19.1 Å². The molecule has 1 aliphatic rings. The molecule has 2 aromatic rings. The van der Waals surface area contributed by atoms with Gasteiger partial charge in [0.05, 0.1) is 26.3 Å². The van der Waals surface area contributed by atoms with Crippen molar-refractivity contribution in [2.45, 2.75) is 13.3 Å². The highest BCUT2D eigenvalue weighted by atomic mass is 16.6. The Hall–Kier alpha value is -3.82. The monoisotopic (exact) mass is 457 g/mol. The number of piperazine rings is 1. The first-order valence-electron chi connectivity index (χ1n) is 10.5. The first-order chi connectivity index (χ1) is 15.9. The molecule has 0 aliphatic carbocycles. The molecule has 1 aliphatic heterocycles. The minimum Gasteiger partial charge on any atom is -0.493 e. The summed E-state index contributed by atoms with van der Waals surface area (Å²) in [4.78, 5) is 40.3. The largest absolute Gasteiger partial charge is 0.493 e. The van der Waals surface area contributed by atoms with Crippen molar-refractivity contribution in [2.75, 3.05) is 47.5 Å². The van der Waals surface area contributed by atoms with E-state index in [2.05, 4.69) is 0 Å². The third kappa shape index (κ3) is 4.69. The van der Waals surface area contributed by atoms with Crippen molar-refractivity contribution in [1.82, 2.24) is 9.80 Å². The van der Waals surface area contributed by atoms with Gasteiger partial charge in [0.1, 0.15) is 5.56 Å². The van der Waals surface area contributed by atoms with E-state index < -0.39 is 16.5 Å². The molecule has 2 amide bonds. The van der Waals surface area contributed by atoms with Crippen molar-refractivity contribution in [3.8, 4) is 17.2 Å². The summed E-state index contributed by atoms with van der Waals surface area (Å²) in [5.74, 6) is -0.654. The summed E-state index contributed by atoms with van der Waals surface area (Å²) >= 11 is 0. The molecule has 10 nitrogen and oxygen atoms in total. The Morgan fingerprint density at radius 2 is 1.45 bits per heavy atom. The van der Waals surface area contributed by atoms with Gasteiger partial charge in [-0.3, -0.25) is 19.7 Å². The molecule has 33 heavy (non-hydrogen) atoms. The van der Waals surface area contributed by atoms with Gasteiger partial charge < -0.3 is 24.0 Å². The summed E-state index contributed by atoms with van der Waals surface area (Å²) in [6.45, 7) is 3.17. The number of amides is 2. The van der Waals surface area contributed by atoms with E-state index in [4.69, 9.17) is 14.2 Å². The zero-order valence-electron chi connectivity index (χ0n) is 19.1. The minimum absolute atomic E-state index is 0.0350. The third-order valence-electron chi connectivity index (χ3n) is 5.68. The second kappa shape index (κ2) is 10.2. The van der Waals surface area contributed by atoms with Crippen molar-refractivity contribution in [3.05, 3.63) is 57.1 Å². The molecule has 0 bridgehead atoms. The number of methoxy groups -OCH3 is 3. The third-order valence-corrected chi connectivity index (χ3v) is 5.68. The predicted molar refractivity (Wildman–Crippen MR) is 120 cm³/mol. The Balaban J connectivity index is 1.81. The Bertz CT molecular complexity index is 1050. The number of carbonyl (C=O) groups excluding carboxylic acids is 2. The second-order valence-electron chi connectivity index (χ2n) is 7.43. The molecule has 2 aromatic carbocycles. The first kappa shape index (κ1) is 23.8. The van der Waals surface area contributed by atoms with E-state index in [9.17, 15) is 19.7 Å². The predicted octanol–water partition coefficient (Wildman–Crippen LogP) is 2.78. The fourth-order valence-corrected chi connectivity index (χ4v) is 3.83. The molecule has 0 N–H and O–H groups in total.